The summed E-state index contributed by atoms with van der Waals surface area (Å²) in [4.78, 5) is 24.2. The topological polar surface area (TPSA) is 84.9 Å². The zero-order valence-electron chi connectivity index (χ0n) is 13.8. The number of halogens is 1. The van der Waals surface area contributed by atoms with Gasteiger partial charge in [0.25, 0.3) is 5.91 Å². The largest absolute Gasteiger partial charge is 0.493 e. The smallest absolute Gasteiger partial charge is 0.335 e. The van der Waals surface area contributed by atoms with E-state index in [1.807, 2.05) is 0 Å². The van der Waals surface area contributed by atoms with Crippen LogP contribution in [0.4, 0.5) is 10.1 Å². The van der Waals surface area contributed by atoms with E-state index < -0.39 is 11.9 Å². The zero-order chi connectivity index (χ0) is 18.8. The number of methoxy groups -OCH3 is 2. The van der Waals surface area contributed by atoms with E-state index in [0.29, 0.717) is 10.3 Å². The van der Waals surface area contributed by atoms with Gasteiger partial charge in [-0.05, 0) is 41.8 Å². The van der Waals surface area contributed by atoms with Crippen molar-refractivity contribution in [2.45, 2.75) is 0 Å². The van der Waals surface area contributed by atoms with E-state index in [9.17, 15) is 19.1 Å². The molecule has 0 aliphatic carbocycles. The summed E-state index contributed by atoms with van der Waals surface area (Å²) in [7, 11) is 2.76. The van der Waals surface area contributed by atoms with Crippen LogP contribution in [-0.2, 0) is 0 Å². The van der Waals surface area contributed by atoms with Gasteiger partial charge in [-0.1, -0.05) is 0 Å². The third-order valence-electron chi connectivity index (χ3n) is 3.68. The van der Waals surface area contributed by atoms with Crippen LogP contribution in [-0.4, -0.2) is 31.2 Å². The van der Waals surface area contributed by atoms with Crippen molar-refractivity contribution in [3.05, 3.63) is 52.7 Å². The number of rotatable bonds is 5. The zero-order valence-corrected chi connectivity index (χ0v) is 14.6. The predicted molar refractivity (Wildman–Crippen MR) is 96.2 cm³/mol. The maximum Gasteiger partial charge on any atom is 0.335 e. The lowest BCUT2D eigenvalue weighted by atomic mass is 10.1. The molecule has 1 amide bonds. The molecule has 6 nitrogen and oxygen atoms in total. The molecule has 134 valence electrons. The summed E-state index contributed by atoms with van der Waals surface area (Å²) in [5.74, 6) is -1.63. The van der Waals surface area contributed by atoms with E-state index in [1.165, 1.54) is 49.8 Å². The van der Waals surface area contributed by atoms with Crippen LogP contribution in [0.3, 0.4) is 0 Å². The molecule has 3 rings (SSSR count). The number of nitrogens with one attached hydrogen (secondary N) is 1. The maximum absolute atomic E-state index is 13.3. The molecule has 2 N–H and O–H groups in total. The Kier molecular flexibility index (Phi) is 4.77. The first-order chi connectivity index (χ1) is 12.4. The minimum atomic E-state index is -1.17. The summed E-state index contributed by atoms with van der Waals surface area (Å²) >= 11 is 1.20. The van der Waals surface area contributed by atoms with Crippen LogP contribution in [0.25, 0.3) is 10.1 Å². The Morgan fingerprint density at radius 3 is 2.54 bits per heavy atom. The van der Waals surface area contributed by atoms with E-state index in [4.69, 9.17) is 9.47 Å². The number of benzene rings is 2. The summed E-state index contributed by atoms with van der Waals surface area (Å²) in [6.45, 7) is 0. The molecule has 1 aromatic heterocycles. The van der Waals surface area contributed by atoms with Crippen molar-refractivity contribution in [1.29, 1.82) is 0 Å². The van der Waals surface area contributed by atoms with Gasteiger partial charge in [0.15, 0.2) is 11.5 Å². The Morgan fingerprint density at radius 2 is 1.88 bits per heavy atom. The Hall–Kier alpha value is -3.13. The molecule has 0 bridgehead atoms. The van der Waals surface area contributed by atoms with Gasteiger partial charge in [0, 0.05) is 4.70 Å². The van der Waals surface area contributed by atoms with Gasteiger partial charge in [-0.25, -0.2) is 9.18 Å². The molecule has 0 spiro atoms. The van der Waals surface area contributed by atoms with Gasteiger partial charge in [0.1, 0.15) is 5.82 Å². The van der Waals surface area contributed by atoms with Crippen molar-refractivity contribution >= 4 is 39.0 Å². The van der Waals surface area contributed by atoms with Crippen LogP contribution in [0.15, 0.2) is 36.4 Å². The highest BCUT2D eigenvalue weighted by molar-refractivity contribution is 7.20. The molecular formula is C18H14FNO5S. The molecule has 0 saturated heterocycles. The number of hydrogen-bond acceptors (Lipinski definition) is 5. The first kappa shape index (κ1) is 17.7. The number of carbonyl (C=O) groups is 2. The number of carboxylic acids is 1. The molecule has 3 aromatic rings. The number of anilines is 1. The van der Waals surface area contributed by atoms with Crippen molar-refractivity contribution in [2.24, 2.45) is 0 Å². The monoisotopic (exact) mass is 375 g/mol. The first-order valence-electron chi connectivity index (χ1n) is 7.42. The van der Waals surface area contributed by atoms with E-state index in [2.05, 4.69) is 5.32 Å². The molecule has 0 unspecified atom stereocenters. The Labute approximate surface area is 151 Å². The van der Waals surface area contributed by atoms with Crippen LogP contribution in [0.5, 0.6) is 11.5 Å². The highest BCUT2D eigenvalue weighted by atomic mass is 32.1. The second-order valence-corrected chi connectivity index (χ2v) is 6.40. The first-order valence-corrected chi connectivity index (χ1v) is 8.24. The summed E-state index contributed by atoms with van der Waals surface area (Å²) in [5.41, 5.74) is 0.106. The van der Waals surface area contributed by atoms with Gasteiger partial charge < -0.3 is 19.9 Å². The third-order valence-corrected chi connectivity index (χ3v) is 4.79. The molecule has 2 aromatic carbocycles. The number of aromatic carboxylic acids is 1. The number of fused-ring (bicyclic) bond motifs is 1. The SMILES string of the molecule is COc1cc(C(=O)O)cc(NC(=O)c2cc3cc(F)ccc3s2)c1OC. The Bertz CT molecular complexity index is 1010. The van der Waals surface area contributed by atoms with Crippen molar-refractivity contribution in [1.82, 2.24) is 0 Å². The average Bonchev–Trinajstić information content (AvgIpc) is 3.04. The van der Waals surface area contributed by atoms with Crippen molar-refractivity contribution in [2.75, 3.05) is 19.5 Å². The fourth-order valence-corrected chi connectivity index (χ4v) is 3.43. The lowest BCUT2D eigenvalue weighted by Crippen LogP contribution is -2.12. The van der Waals surface area contributed by atoms with E-state index in [-0.39, 0.29) is 28.6 Å². The van der Waals surface area contributed by atoms with Crippen LogP contribution in [0, 0.1) is 5.82 Å². The Morgan fingerprint density at radius 1 is 1.12 bits per heavy atom. The quantitative estimate of drug-likeness (QED) is 0.704. The summed E-state index contributed by atoms with van der Waals surface area (Å²) in [6, 6.07) is 8.43. The fraction of sp³-hybridized carbons (Fsp3) is 0.111. The Balaban J connectivity index is 1.99. The second-order valence-electron chi connectivity index (χ2n) is 5.31. The molecule has 1 heterocycles. The fourth-order valence-electron chi connectivity index (χ4n) is 2.49. The maximum atomic E-state index is 13.3. The minimum Gasteiger partial charge on any atom is -0.493 e. The molecule has 0 radical (unpaired) electrons. The van der Waals surface area contributed by atoms with Crippen molar-refractivity contribution in [3.8, 4) is 11.5 Å². The predicted octanol–water partition coefficient (Wildman–Crippen LogP) is 4.01. The number of ether oxygens (including phenoxy) is 2. The van der Waals surface area contributed by atoms with Crippen LogP contribution >= 0.6 is 11.3 Å². The van der Waals surface area contributed by atoms with E-state index in [1.54, 1.807) is 12.1 Å². The minimum absolute atomic E-state index is 0.0589. The highest BCUT2D eigenvalue weighted by Crippen LogP contribution is 2.37. The van der Waals surface area contributed by atoms with Gasteiger partial charge in [0.2, 0.25) is 0 Å². The molecule has 0 atom stereocenters. The van der Waals surface area contributed by atoms with Gasteiger partial charge in [-0.15, -0.1) is 11.3 Å². The normalized spacial score (nSPS) is 10.6. The van der Waals surface area contributed by atoms with Crippen molar-refractivity contribution in [3.63, 3.8) is 0 Å². The molecule has 8 heteroatoms. The summed E-state index contributed by atoms with van der Waals surface area (Å²) in [5, 5.41) is 12.5. The van der Waals surface area contributed by atoms with E-state index >= 15 is 0 Å². The van der Waals surface area contributed by atoms with Crippen molar-refractivity contribution < 1.29 is 28.6 Å². The number of hydrogen-bond donors (Lipinski definition) is 2. The molecular weight excluding hydrogens is 361 g/mol. The highest BCUT2D eigenvalue weighted by Gasteiger charge is 2.19. The van der Waals surface area contributed by atoms with Gasteiger partial charge in [-0.2, -0.15) is 0 Å². The van der Waals surface area contributed by atoms with Crippen LogP contribution in [0.2, 0.25) is 0 Å². The van der Waals surface area contributed by atoms with Gasteiger partial charge in [-0.3, -0.25) is 4.79 Å². The van der Waals surface area contributed by atoms with E-state index in [0.717, 1.165) is 4.70 Å². The average molecular weight is 375 g/mol. The second kappa shape index (κ2) is 7.01. The molecule has 0 fully saturated rings. The summed E-state index contributed by atoms with van der Waals surface area (Å²) < 4.78 is 24.5. The standard InChI is InChI=1S/C18H14FNO5S/c1-24-13-7-10(18(22)23)6-12(16(13)25-2)20-17(21)15-8-9-5-11(19)3-4-14(9)26-15/h3-8H,1-2H3,(H,20,21)(H,22,23). The summed E-state index contributed by atoms with van der Waals surface area (Å²) in [6.07, 6.45) is 0. The molecule has 26 heavy (non-hydrogen) atoms. The molecule has 0 saturated carbocycles. The van der Waals surface area contributed by atoms with Gasteiger partial charge >= 0.3 is 5.97 Å². The third kappa shape index (κ3) is 3.31. The number of amides is 1. The number of carboxylic acid groups (broad SMARTS) is 1. The van der Waals surface area contributed by atoms with Gasteiger partial charge in [0.05, 0.1) is 30.3 Å². The molecule has 0 aliphatic heterocycles. The number of carbonyl (C=O) groups excluding carboxylic acids is 1. The lowest BCUT2D eigenvalue weighted by Gasteiger charge is -2.14. The van der Waals surface area contributed by atoms with Crippen LogP contribution < -0.4 is 14.8 Å². The lowest BCUT2D eigenvalue weighted by molar-refractivity contribution is 0.0696. The number of thiophene rings is 1. The van der Waals surface area contributed by atoms with Crippen LogP contribution in [0.1, 0.15) is 20.0 Å². The molecule has 0 aliphatic rings.